The highest BCUT2D eigenvalue weighted by Gasteiger charge is 2.20. The molecule has 1 N–H and O–H groups in total. The number of halogens is 1. The average Bonchev–Trinajstić information content (AvgIpc) is 3.19. The van der Waals surface area contributed by atoms with Crippen molar-refractivity contribution in [3.8, 4) is 5.75 Å². The van der Waals surface area contributed by atoms with Gasteiger partial charge in [0, 0.05) is 31.3 Å². The Labute approximate surface area is 107 Å². The van der Waals surface area contributed by atoms with Crippen LogP contribution in [0, 0.1) is 11.7 Å². The second kappa shape index (κ2) is 6.71. The predicted octanol–water partition coefficient (Wildman–Crippen LogP) is 2.35. The van der Waals surface area contributed by atoms with E-state index in [0.717, 1.165) is 19.1 Å². The highest BCUT2D eigenvalue weighted by molar-refractivity contribution is 5.28. The van der Waals surface area contributed by atoms with Crippen LogP contribution in [0.5, 0.6) is 5.75 Å². The Bertz CT molecular complexity index is 380. The van der Waals surface area contributed by atoms with E-state index in [2.05, 4.69) is 5.32 Å². The smallest absolute Gasteiger partial charge is 0.131 e. The van der Waals surface area contributed by atoms with E-state index in [4.69, 9.17) is 9.47 Å². The zero-order chi connectivity index (χ0) is 12.8. The van der Waals surface area contributed by atoms with Gasteiger partial charge in [-0.05, 0) is 24.8 Å². The standard InChI is InChI=1S/C14H20FNO2/c1-17-13-5-4-12(14(15)8-13)9-16-6-7-18-10-11-2-3-11/h4-5,8,11,16H,2-3,6-7,9-10H2,1H3. The van der Waals surface area contributed by atoms with Gasteiger partial charge in [-0.2, -0.15) is 0 Å². The van der Waals surface area contributed by atoms with Crippen LogP contribution in [0.4, 0.5) is 4.39 Å². The van der Waals surface area contributed by atoms with Crippen LogP contribution in [0.15, 0.2) is 18.2 Å². The molecule has 0 aromatic heterocycles. The molecule has 1 aliphatic carbocycles. The van der Waals surface area contributed by atoms with Crippen molar-refractivity contribution >= 4 is 0 Å². The monoisotopic (exact) mass is 253 g/mol. The van der Waals surface area contributed by atoms with Crippen LogP contribution in [0.25, 0.3) is 0 Å². The third kappa shape index (κ3) is 4.27. The van der Waals surface area contributed by atoms with Crippen LogP contribution < -0.4 is 10.1 Å². The van der Waals surface area contributed by atoms with Crippen molar-refractivity contribution in [2.45, 2.75) is 19.4 Å². The van der Waals surface area contributed by atoms with E-state index in [9.17, 15) is 4.39 Å². The predicted molar refractivity (Wildman–Crippen MR) is 68.2 cm³/mol. The van der Waals surface area contributed by atoms with Gasteiger partial charge in [0.05, 0.1) is 13.7 Å². The van der Waals surface area contributed by atoms with Gasteiger partial charge in [0.2, 0.25) is 0 Å². The van der Waals surface area contributed by atoms with Gasteiger partial charge in [-0.15, -0.1) is 0 Å². The molecule has 18 heavy (non-hydrogen) atoms. The lowest BCUT2D eigenvalue weighted by molar-refractivity contribution is 0.126. The van der Waals surface area contributed by atoms with Gasteiger partial charge in [-0.3, -0.25) is 0 Å². The summed E-state index contributed by atoms with van der Waals surface area (Å²) in [6, 6.07) is 4.91. The molecule has 0 unspecified atom stereocenters. The fourth-order valence-corrected chi connectivity index (χ4v) is 1.70. The topological polar surface area (TPSA) is 30.5 Å². The molecule has 0 radical (unpaired) electrons. The lowest BCUT2D eigenvalue weighted by Crippen LogP contribution is -2.20. The number of nitrogens with one attached hydrogen (secondary N) is 1. The lowest BCUT2D eigenvalue weighted by Gasteiger charge is -2.08. The van der Waals surface area contributed by atoms with Crippen LogP contribution in [-0.2, 0) is 11.3 Å². The van der Waals surface area contributed by atoms with E-state index in [-0.39, 0.29) is 5.82 Å². The number of benzene rings is 1. The Morgan fingerprint density at radius 2 is 2.22 bits per heavy atom. The van der Waals surface area contributed by atoms with Crippen LogP contribution in [0.1, 0.15) is 18.4 Å². The fraction of sp³-hybridized carbons (Fsp3) is 0.571. The summed E-state index contributed by atoms with van der Waals surface area (Å²) < 4.78 is 24.0. The maximum Gasteiger partial charge on any atom is 0.131 e. The van der Waals surface area contributed by atoms with Crippen molar-refractivity contribution in [1.29, 1.82) is 0 Å². The average molecular weight is 253 g/mol. The number of hydrogen-bond acceptors (Lipinski definition) is 3. The maximum atomic E-state index is 13.6. The normalized spacial score (nSPS) is 14.8. The molecule has 0 saturated heterocycles. The quantitative estimate of drug-likeness (QED) is 0.721. The third-order valence-electron chi connectivity index (χ3n) is 3.05. The number of rotatable bonds is 8. The first-order valence-corrected chi connectivity index (χ1v) is 6.40. The lowest BCUT2D eigenvalue weighted by atomic mass is 10.2. The van der Waals surface area contributed by atoms with Crippen molar-refractivity contribution in [2.75, 3.05) is 26.9 Å². The summed E-state index contributed by atoms with van der Waals surface area (Å²) in [6.45, 7) is 2.83. The second-order valence-corrected chi connectivity index (χ2v) is 4.65. The van der Waals surface area contributed by atoms with Gasteiger partial charge in [0.15, 0.2) is 0 Å². The molecular formula is C14H20FNO2. The minimum atomic E-state index is -0.235. The molecule has 1 aliphatic rings. The minimum Gasteiger partial charge on any atom is -0.497 e. The number of ether oxygens (including phenoxy) is 2. The molecule has 0 bridgehead atoms. The molecule has 0 aliphatic heterocycles. The second-order valence-electron chi connectivity index (χ2n) is 4.65. The molecule has 0 amide bonds. The Balaban J connectivity index is 1.62. The first-order valence-electron chi connectivity index (χ1n) is 6.40. The van der Waals surface area contributed by atoms with Crippen LogP contribution in [0.3, 0.4) is 0 Å². The summed E-state index contributed by atoms with van der Waals surface area (Å²) >= 11 is 0. The van der Waals surface area contributed by atoms with Crippen molar-refractivity contribution in [3.05, 3.63) is 29.6 Å². The highest BCUT2D eigenvalue weighted by Crippen LogP contribution is 2.28. The van der Waals surface area contributed by atoms with Gasteiger partial charge in [-0.1, -0.05) is 6.07 Å². The van der Waals surface area contributed by atoms with Crippen LogP contribution >= 0.6 is 0 Å². The summed E-state index contributed by atoms with van der Waals surface area (Å²) in [5, 5.41) is 3.17. The Morgan fingerprint density at radius 1 is 1.39 bits per heavy atom. The van der Waals surface area contributed by atoms with E-state index < -0.39 is 0 Å². The summed E-state index contributed by atoms with van der Waals surface area (Å²) in [4.78, 5) is 0. The zero-order valence-corrected chi connectivity index (χ0v) is 10.7. The first-order chi connectivity index (χ1) is 8.79. The van der Waals surface area contributed by atoms with E-state index in [1.54, 1.807) is 12.1 Å². The third-order valence-corrected chi connectivity index (χ3v) is 3.05. The molecule has 0 atom stereocenters. The zero-order valence-electron chi connectivity index (χ0n) is 10.7. The number of methoxy groups -OCH3 is 1. The fourth-order valence-electron chi connectivity index (χ4n) is 1.70. The van der Waals surface area contributed by atoms with Gasteiger partial charge in [0.25, 0.3) is 0 Å². The van der Waals surface area contributed by atoms with Crippen LogP contribution in [0.2, 0.25) is 0 Å². The van der Waals surface area contributed by atoms with Crippen LogP contribution in [-0.4, -0.2) is 26.9 Å². The van der Waals surface area contributed by atoms with E-state index >= 15 is 0 Å². The molecule has 1 saturated carbocycles. The molecular weight excluding hydrogens is 233 g/mol. The summed E-state index contributed by atoms with van der Waals surface area (Å²) in [6.07, 6.45) is 2.62. The van der Waals surface area contributed by atoms with Gasteiger partial charge < -0.3 is 14.8 Å². The molecule has 4 heteroatoms. The maximum absolute atomic E-state index is 13.6. The van der Waals surface area contributed by atoms with E-state index in [0.29, 0.717) is 24.5 Å². The van der Waals surface area contributed by atoms with Crippen molar-refractivity contribution in [3.63, 3.8) is 0 Å². The summed E-state index contributed by atoms with van der Waals surface area (Å²) in [7, 11) is 1.53. The van der Waals surface area contributed by atoms with Gasteiger partial charge in [-0.25, -0.2) is 4.39 Å². The van der Waals surface area contributed by atoms with Crippen molar-refractivity contribution in [1.82, 2.24) is 5.32 Å². The molecule has 0 spiro atoms. The molecule has 2 rings (SSSR count). The largest absolute Gasteiger partial charge is 0.497 e. The molecule has 3 nitrogen and oxygen atoms in total. The Morgan fingerprint density at radius 3 is 2.89 bits per heavy atom. The molecule has 1 fully saturated rings. The molecule has 1 aromatic carbocycles. The summed E-state index contributed by atoms with van der Waals surface area (Å²) in [5.74, 6) is 1.11. The first kappa shape index (κ1) is 13.3. The molecule has 1 aromatic rings. The summed E-state index contributed by atoms with van der Waals surface area (Å²) in [5.41, 5.74) is 0.651. The highest BCUT2D eigenvalue weighted by atomic mass is 19.1. The van der Waals surface area contributed by atoms with Crippen molar-refractivity contribution in [2.24, 2.45) is 5.92 Å². The van der Waals surface area contributed by atoms with Gasteiger partial charge >= 0.3 is 0 Å². The molecule has 100 valence electrons. The van der Waals surface area contributed by atoms with E-state index in [1.807, 2.05) is 0 Å². The van der Waals surface area contributed by atoms with E-state index in [1.165, 1.54) is 26.0 Å². The van der Waals surface area contributed by atoms with Gasteiger partial charge in [0.1, 0.15) is 11.6 Å². The Hall–Kier alpha value is -1.13. The SMILES string of the molecule is COc1ccc(CNCCOCC2CC2)c(F)c1. The number of hydrogen-bond donors (Lipinski definition) is 1. The minimum absolute atomic E-state index is 0.235. The van der Waals surface area contributed by atoms with Crippen molar-refractivity contribution < 1.29 is 13.9 Å². The Kier molecular flexibility index (Phi) is 4.96. The molecule has 0 heterocycles.